The largest absolute Gasteiger partial charge is 0.457 e. The Kier molecular flexibility index (Phi) is 9.31. The average Bonchev–Trinajstić information content (AvgIpc) is 3.01. The molecule has 1 aromatic carbocycles. The van der Waals surface area contributed by atoms with Crippen molar-refractivity contribution >= 4 is 34.5 Å². The number of fused-ring (bicyclic) bond motifs is 4. The molecule has 1 spiro atoms. The van der Waals surface area contributed by atoms with Crippen LogP contribution < -0.4 is 16.1 Å². The van der Waals surface area contributed by atoms with Crippen molar-refractivity contribution in [1.29, 1.82) is 0 Å². The van der Waals surface area contributed by atoms with Crippen LogP contribution in [0.25, 0.3) is 10.8 Å². The maximum Gasteiger partial charge on any atom is 0.325 e. The predicted molar refractivity (Wildman–Crippen MR) is 159 cm³/mol. The lowest BCUT2D eigenvalue weighted by molar-refractivity contribution is -0.157. The van der Waals surface area contributed by atoms with Gasteiger partial charge < -0.3 is 20.1 Å². The number of aryl methyl sites for hydroxylation is 1. The minimum absolute atomic E-state index is 0.178. The van der Waals surface area contributed by atoms with Crippen LogP contribution in [0.3, 0.4) is 0 Å². The zero-order chi connectivity index (χ0) is 30.7. The van der Waals surface area contributed by atoms with Crippen LogP contribution in [0.4, 0.5) is 0 Å². The Morgan fingerprint density at radius 3 is 2.51 bits per heavy atom. The molecule has 43 heavy (non-hydrogen) atoms. The van der Waals surface area contributed by atoms with E-state index in [2.05, 4.69) is 21.0 Å². The monoisotopic (exact) mass is 593 g/mol. The molecule has 11 nitrogen and oxygen atoms in total. The van der Waals surface area contributed by atoms with Crippen LogP contribution >= 0.6 is 0 Å². The van der Waals surface area contributed by atoms with E-state index in [4.69, 9.17) is 9.47 Å². The van der Waals surface area contributed by atoms with Crippen molar-refractivity contribution in [3.63, 3.8) is 0 Å². The molecule has 3 unspecified atom stereocenters. The Morgan fingerprint density at radius 1 is 1.00 bits per heavy atom. The fourth-order valence-corrected chi connectivity index (χ4v) is 6.18. The summed E-state index contributed by atoms with van der Waals surface area (Å²) in [6.07, 6.45) is 4.67. The highest BCUT2D eigenvalue weighted by atomic mass is 16.5. The first kappa shape index (κ1) is 30.9. The number of carbonyl (C=O) groups excluding carboxylic acids is 4. The van der Waals surface area contributed by atoms with Gasteiger partial charge in [0.25, 0.3) is 5.91 Å². The van der Waals surface area contributed by atoms with E-state index in [0.29, 0.717) is 58.3 Å². The lowest BCUT2D eigenvalue weighted by Gasteiger charge is -2.38. The zero-order valence-corrected chi connectivity index (χ0v) is 25.5. The van der Waals surface area contributed by atoms with Crippen molar-refractivity contribution in [2.75, 3.05) is 19.8 Å². The standard InChI is InChI=1S/C32H43N5O6/c1-19(2)27-28(38)34-20(3)29(39)37-13-5-6-26(36-37)30(40)43-21(4)22-7-8-23-18-33-25(17-24(23)16-22)9-10-32(31(41)35-27)11-14-42-15-12-32/h7-8,16-21,26-27,36H,5-6,9-15H2,1-4H3,(H,34,38)(H,35,41)/t20?,21-,26?,27?/m1/s1. The van der Waals surface area contributed by atoms with Crippen LogP contribution in [-0.2, 0) is 35.1 Å². The number of carbonyl (C=O) groups is 4. The van der Waals surface area contributed by atoms with Crippen molar-refractivity contribution in [1.82, 2.24) is 26.1 Å². The lowest BCUT2D eigenvalue weighted by atomic mass is 9.74. The number of nitrogens with one attached hydrogen (secondary N) is 3. The number of nitrogens with zero attached hydrogens (tertiary/aromatic N) is 2. The summed E-state index contributed by atoms with van der Waals surface area (Å²) in [7, 11) is 0. The van der Waals surface area contributed by atoms with Crippen molar-refractivity contribution < 1.29 is 28.7 Å². The molecule has 5 bridgehead atoms. The summed E-state index contributed by atoms with van der Waals surface area (Å²) in [6.45, 7) is 8.50. The molecule has 1 aromatic heterocycles. The Bertz CT molecular complexity index is 1370. The summed E-state index contributed by atoms with van der Waals surface area (Å²) in [6, 6.07) is 5.54. The van der Waals surface area contributed by atoms with Gasteiger partial charge in [0.2, 0.25) is 11.8 Å². The number of ether oxygens (including phenoxy) is 2. The van der Waals surface area contributed by atoms with E-state index >= 15 is 0 Å². The maximum atomic E-state index is 13.9. The molecule has 3 N–H and O–H groups in total. The highest BCUT2D eigenvalue weighted by Gasteiger charge is 2.42. The highest BCUT2D eigenvalue weighted by molar-refractivity contribution is 5.93. The number of hydrogen-bond donors (Lipinski definition) is 3. The molecule has 3 amide bonds. The van der Waals surface area contributed by atoms with Gasteiger partial charge in [-0.15, -0.1) is 0 Å². The first-order valence-corrected chi connectivity index (χ1v) is 15.4. The van der Waals surface area contributed by atoms with Crippen molar-refractivity contribution in [2.45, 2.75) is 90.4 Å². The third-order valence-corrected chi connectivity index (χ3v) is 9.06. The van der Waals surface area contributed by atoms with Gasteiger partial charge in [-0.1, -0.05) is 26.0 Å². The molecule has 232 valence electrons. The smallest absolute Gasteiger partial charge is 0.325 e. The second-order valence-corrected chi connectivity index (χ2v) is 12.5. The first-order valence-electron chi connectivity index (χ1n) is 15.4. The Labute approximate surface area is 252 Å². The molecule has 4 atom stereocenters. The molecule has 2 fully saturated rings. The van der Waals surface area contributed by atoms with E-state index in [-0.39, 0.29) is 17.7 Å². The lowest BCUT2D eigenvalue weighted by Crippen LogP contribution is -2.61. The zero-order valence-electron chi connectivity index (χ0n) is 25.5. The average molecular weight is 594 g/mol. The fraction of sp³-hybridized carbons (Fsp3) is 0.594. The Morgan fingerprint density at radius 2 is 1.77 bits per heavy atom. The van der Waals surface area contributed by atoms with E-state index in [1.54, 1.807) is 6.92 Å². The third kappa shape index (κ3) is 6.83. The number of esters is 1. The van der Waals surface area contributed by atoms with Crippen LogP contribution in [0.5, 0.6) is 0 Å². The van der Waals surface area contributed by atoms with Gasteiger partial charge in [0.1, 0.15) is 24.2 Å². The number of cyclic esters (lactones) is 1. The van der Waals surface area contributed by atoms with Gasteiger partial charge in [0.05, 0.1) is 5.41 Å². The van der Waals surface area contributed by atoms with Crippen LogP contribution in [0, 0.1) is 11.3 Å². The van der Waals surface area contributed by atoms with Crippen molar-refractivity contribution in [3.8, 4) is 0 Å². The molecule has 4 heterocycles. The Hall–Kier alpha value is -3.57. The van der Waals surface area contributed by atoms with E-state index in [1.165, 1.54) is 5.01 Å². The highest BCUT2D eigenvalue weighted by Crippen LogP contribution is 2.36. The SMILES string of the molecule is CC1NC(=O)C(C(C)C)NC(=O)C2(CCOCC2)CCc2cc3cc(ccc3cn2)[C@@H](C)OC(=O)C2CCCN(N2)C1=O. The predicted octanol–water partition coefficient (Wildman–Crippen LogP) is 2.72. The van der Waals surface area contributed by atoms with Gasteiger partial charge in [-0.3, -0.25) is 29.2 Å². The van der Waals surface area contributed by atoms with Crippen LogP contribution in [0.15, 0.2) is 30.5 Å². The van der Waals surface area contributed by atoms with Gasteiger partial charge in [-0.05, 0) is 81.4 Å². The van der Waals surface area contributed by atoms with Gasteiger partial charge >= 0.3 is 5.97 Å². The molecule has 0 aliphatic carbocycles. The summed E-state index contributed by atoms with van der Waals surface area (Å²) >= 11 is 0. The quantitative estimate of drug-likeness (QED) is 0.429. The van der Waals surface area contributed by atoms with E-state index < -0.39 is 41.5 Å². The molecular weight excluding hydrogens is 550 g/mol. The fourth-order valence-electron chi connectivity index (χ4n) is 6.18. The van der Waals surface area contributed by atoms with Crippen molar-refractivity contribution in [2.24, 2.45) is 11.3 Å². The van der Waals surface area contributed by atoms with Crippen LogP contribution in [0.2, 0.25) is 0 Å². The second kappa shape index (κ2) is 13.0. The third-order valence-electron chi connectivity index (χ3n) is 9.06. The molecule has 2 saturated heterocycles. The Balaban J connectivity index is 1.49. The molecule has 0 radical (unpaired) electrons. The topological polar surface area (TPSA) is 139 Å². The first-order chi connectivity index (χ1) is 20.6. The summed E-state index contributed by atoms with van der Waals surface area (Å²) in [5, 5.41) is 9.15. The number of benzene rings is 1. The molecular formula is C32H43N5O6. The number of pyridine rings is 1. The normalized spacial score (nSPS) is 27.6. The van der Waals surface area contributed by atoms with Crippen LogP contribution in [0.1, 0.15) is 77.2 Å². The molecule has 11 heteroatoms. The second-order valence-electron chi connectivity index (χ2n) is 12.5. The molecule has 0 saturated carbocycles. The van der Waals surface area contributed by atoms with Gasteiger partial charge in [0.15, 0.2) is 0 Å². The number of aromatic nitrogens is 1. The summed E-state index contributed by atoms with van der Waals surface area (Å²) in [5.41, 5.74) is 4.01. The summed E-state index contributed by atoms with van der Waals surface area (Å²) in [4.78, 5) is 58.5. The van der Waals surface area contributed by atoms with E-state index in [0.717, 1.165) is 22.0 Å². The summed E-state index contributed by atoms with van der Waals surface area (Å²) in [5.74, 6) is -1.62. The van der Waals surface area contributed by atoms with Crippen molar-refractivity contribution in [3.05, 3.63) is 41.7 Å². The molecule has 3 aliphatic rings. The minimum Gasteiger partial charge on any atom is -0.457 e. The number of amides is 3. The van der Waals surface area contributed by atoms with E-state index in [1.807, 2.05) is 51.2 Å². The van der Waals surface area contributed by atoms with Crippen LogP contribution in [-0.4, -0.2) is 71.6 Å². The maximum absolute atomic E-state index is 13.9. The molecule has 5 rings (SSSR count). The number of rotatable bonds is 1. The molecule has 3 aliphatic heterocycles. The van der Waals surface area contributed by atoms with Gasteiger partial charge in [0, 0.05) is 37.0 Å². The van der Waals surface area contributed by atoms with Gasteiger partial charge in [-0.25, -0.2) is 5.43 Å². The molecule has 2 aromatic rings. The summed E-state index contributed by atoms with van der Waals surface area (Å²) < 4.78 is 11.5. The number of hydrazine groups is 1. The number of hydrogen-bond acceptors (Lipinski definition) is 8. The van der Waals surface area contributed by atoms with Gasteiger partial charge in [-0.2, -0.15) is 0 Å². The van der Waals surface area contributed by atoms with E-state index in [9.17, 15) is 19.2 Å². The minimum atomic E-state index is -0.873.